The van der Waals surface area contributed by atoms with E-state index in [1.165, 1.54) is 205 Å². The molecule has 0 radical (unpaired) electrons. The Labute approximate surface area is 375 Å². The lowest BCUT2D eigenvalue weighted by Gasteiger charge is -2.22. The number of rotatable bonds is 50. The third-order valence-corrected chi connectivity index (χ3v) is 12.9. The minimum absolute atomic E-state index is 0.0313. The van der Waals surface area contributed by atoms with Crippen LogP contribution in [-0.2, 0) is 19.1 Å². The number of hydrogen-bond acceptors (Lipinski definition) is 6. The van der Waals surface area contributed by atoms with Crippen LogP contribution in [0.3, 0.4) is 0 Å². The highest BCUT2D eigenvalue weighted by molar-refractivity contribution is 5.69. The minimum Gasteiger partial charge on any atom is -0.465 e. The van der Waals surface area contributed by atoms with E-state index in [4.69, 9.17) is 9.47 Å². The molecule has 0 aliphatic carbocycles. The third-order valence-electron chi connectivity index (χ3n) is 12.9. The fourth-order valence-electron chi connectivity index (χ4n) is 8.74. The molecule has 0 heterocycles. The van der Waals surface area contributed by atoms with E-state index in [0.29, 0.717) is 37.9 Å². The Kier molecular flexibility index (Phi) is 48.0. The summed E-state index contributed by atoms with van der Waals surface area (Å²) < 4.78 is 11.8. The zero-order valence-corrected chi connectivity index (χ0v) is 41.2. The lowest BCUT2D eigenvalue weighted by Crippen LogP contribution is -2.28. The third kappa shape index (κ3) is 43.5. The molecule has 358 valence electrons. The van der Waals surface area contributed by atoms with Gasteiger partial charge in [-0.05, 0) is 95.7 Å². The Hall–Kier alpha value is -1.14. The quantitative estimate of drug-likeness (QED) is 0.0485. The number of esters is 2. The Balaban J connectivity index is 4.60. The standard InChI is InChI=1S/C54H107NO5/c1-5-9-13-17-21-23-27-31-41-51(39-29-25-19-15-11-7-3)49-59-53(57)43-33-35-45-55(47-37-38-48-56)46-36-34-44-54(58)60-50-52(40-30-26-20-16-12-8-4)42-32-28-24-22-18-14-10-6-2/h51-52,56H,5-50H2,1-4H3. The predicted molar refractivity (Wildman–Crippen MR) is 260 cm³/mol. The molecule has 0 aromatic heterocycles. The fraction of sp³-hybridized carbons (Fsp3) is 0.963. The lowest BCUT2D eigenvalue weighted by molar-refractivity contribution is -0.146. The smallest absolute Gasteiger partial charge is 0.305 e. The van der Waals surface area contributed by atoms with E-state index in [1.807, 2.05) is 0 Å². The maximum atomic E-state index is 12.8. The van der Waals surface area contributed by atoms with Crippen LogP contribution in [-0.4, -0.2) is 61.4 Å². The first kappa shape index (κ1) is 58.9. The van der Waals surface area contributed by atoms with E-state index in [2.05, 4.69) is 32.6 Å². The van der Waals surface area contributed by atoms with Crippen LogP contribution in [0.5, 0.6) is 0 Å². The summed E-state index contributed by atoms with van der Waals surface area (Å²) in [5, 5.41) is 9.39. The first-order valence-corrected chi connectivity index (χ1v) is 27.1. The number of hydrogen-bond donors (Lipinski definition) is 1. The Morgan fingerprint density at radius 1 is 0.367 bits per heavy atom. The maximum absolute atomic E-state index is 12.8. The molecular formula is C54H107NO5. The average molecular weight is 850 g/mol. The zero-order valence-electron chi connectivity index (χ0n) is 41.2. The topological polar surface area (TPSA) is 76.1 Å². The van der Waals surface area contributed by atoms with Crippen molar-refractivity contribution in [1.29, 1.82) is 0 Å². The molecule has 0 aromatic rings. The van der Waals surface area contributed by atoms with E-state index in [1.54, 1.807) is 0 Å². The highest BCUT2D eigenvalue weighted by Gasteiger charge is 2.15. The molecule has 0 fully saturated rings. The largest absolute Gasteiger partial charge is 0.465 e. The first-order chi connectivity index (χ1) is 29.5. The van der Waals surface area contributed by atoms with Crippen LogP contribution in [0.25, 0.3) is 0 Å². The SMILES string of the molecule is CCCCCCCCCCC(CCCCCCCC)COC(=O)CCCCN(CCCCO)CCCCC(=O)OCC(CCCCCCCC)CCCCCCCCCC. The van der Waals surface area contributed by atoms with E-state index in [-0.39, 0.29) is 18.5 Å². The van der Waals surface area contributed by atoms with Crippen molar-refractivity contribution in [2.24, 2.45) is 11.8 Å². The Morgan fingerprint density at radius 2 is 0.633 bits per heavy atom. The van der Waals surface area contributed by atoms with Gasteiger partial charge in [0.25, 0.3) is 0 Å². The summed E-state index contributed by atoms with van der Waals surface area (Å²) >= 11 is 0. The number of aliphatic hydroxyl groups is 1. The van der Waals surface area contributed by atoms with E-state index < -0.39 is 0 Å². The summed E-state index contributed by atoms with van der Waals surface area (Å²) in [4.78, 5) is 28.1. The molecule has 0 amide bonds. The van der Waals surface area contributed by atoms with Crippen LogP contribution in [0.4, 0.5) is 0 Å². The van der Waals surface area contributed by atoms with E-state index in [0.717, 1.165) is 58.2 Å². The molecule has 2 unspecified atom stereocenters. The Bertz CT molecular complexity index is 803. The molecule has 0 aliphatic heterocycles. The van der Waals surface area contributed by atoms with Gasteiger partial charge < -0.3 is 19.5 Å². The summed E-state index contributed by atoms with van der Waals surface area (Å²) in [7, 11) is 0. The summed E-state index contributed by atoms with van der Waals surface area (Å²) in [5.74, 6) is 0.948. The normalized spacial score (nSPS) is 12.6. The van der Waals surface area contributed by atoms with Crippen LogP contribution in [0.15, 0.2) is 0 Å². The number of nitrogens with zero attached hydrogens (tertiary/aromatic N) is 1. The van der Waals surface area contributed by atoms with Gasteiger partial charge in [-0.15, -0.1) is 0 Å². The van der Waals surface area contributed by atoms with Gasteiger partial charge in [0.05, 0.1) is 13.2 Å². The highest BCUT2D eigenvalue weighted by Crippen LogP contribution is 2.22. The van der Waals surface area contributed by atoms with Gasteiger partial charge in [0, 0.05) is 19.4 Å². The van der Waals surface area contributed by atoms with Crippen molar-refractivity contribution in [2.45, 2.75) is 285 Å². The lowest BCUT2D eigenvalue weighted by atomic mass is 9.94. The predicted octanol–water partition coefficient (Wildman–Crippen LogP) is 16.3. The molecule has 6 heteroatoms. The van der Waals surface area contributed by atoms with Crippen LogP contribution in [0.2, 0.25) is 0 Å². The number of carbonyl (C=O) groups excluding carboxylic acids is 2. The second kappa shape index (κ2) is 48.9. The van der Waals surface area contributed by atoms with E-state index in [9.17, 15) is 14.7 Å². The molecule has 1 N–H and O–H groups in total. The summed E-state index contributed by atoms with van der Waals surface area (Å²) in [6.07, 6.45) is 48.4. The van der Waals surface area contributed by atoms with Crippen LogP contribution < -0.4 is 0 Å². The number of ether oxygens (including phenoxy) is 2. The molecule has 2 atom stereocenters. The van der Waals surface area contributed by atoms with Gasteiger partial charge in [-0.25, -0.2) is 0 Å². The van der Waals surface area contributed by atoms with Crippen molar-refractivity contribution in [2.75, 3.05) is 39.5 Å². The van der Waals surface area contributed by atoms with Crippen LogP contribution in [0.1, 0.15) is 285 Å². The monoisotopic (exact) mass is 850 g/mol. The van der Waals surface area contributed by atoms with Gasteiger partial charge in [-0.2, -0.15) is 0 Å². The number of unbranched alkanes of at least 4 members (excludes halogenated alkanes) is 27. The van der Waals surface area contributed by atoms with Gasteiger partial charge in [0.15, 0.2) is 0 Å². The van der Waals surface area contributed by atoms with Crippen molar-refractivity contribution in [3.05, 3.63) is 0 Å². The summed E-state index contributed by atoms with van der Waals surface area (Å²) in [6.45, 7) is 13.4. The first-order valence-electron chi connectivity index (χ1n) is 27.1. The molecule has 0 saturated heterocycles. The van der Waals surface area contributed by atoms with Gasteiger partial charge in [-0.1, -0.05) is 207 Å². The summed E-state index contributed by atoms with van der Waals surface area (Å²) in [6, 6.07) is 0. The van der Waals surface area contributed by atoms with Crippen molar-refractivity contribution in [1.82, 2.24) is 4.90 Å². The molecule has 60 heavy (non-hydrogen) atoms. The average Bonchev–Trinajstić information content (AvgIpc) is 3.25. The maximum Gasteiger partial charge on any atom is 0.305 e. The highest BCUT2D eigenvalue weighted by atomic mass is 16.5. The fourth-order valence-corrected chi connectivity index (χ4v) is 8.74. The molecule has 0 spiro atoms. The molecule has 0 bridgehead atoms. The van der Waals surface area contributed by atoms with Crippen molar-refractivity contribution in [3.63, 3.8) is 0 Å². The van der Waals surface area contributed by atoms with Crippen molar-refractivity contribution >= 4 is 11.9 Å². The van der Waals surface area contributed by atoms with Crippen molar-refractivity contribution < 1.29 is 24.2 Å². The zero-order chi connectivity index (χ0) is 43.8. The van der Waals surface area contributed by atoms with Crippen LogP contribution >= 0.6 is 0 Å². The second-order valence-electron chi connectivity index (χ2n) is 18.9. The second-order valence-corrected chi connectivity index (χ2v) is 18.9. The van der Waals surface area contributed by atoms with Crippen LogP contribution in [0, 0.1) is 11.8 Å². The number of carbonyl (C=O) groups is 2. The molecule has 0 saturated carbocycles. The van der Waals surface area contributed by atoms with Gasteiger partial charge in [0.1, 0.15) is 0 Å². The molecular weight excluding hydrogens is 743 g/mol. The van der Waals surface area contributed by atoms with Gasteiger partial charge in [0.2, 0.25) is 0 Å². The number of aliphatic hydroxyl groups excluding tert-OH is 1. The molecule has 0 aromatic carbocycles. The van der Waals surface area contributed by atoms with Gasteiger partial charge in [-0.3, -0.25) is 9.59 Å². The summed E-state index contributed by atoms with van der Waals surface area (Å²) in [5.41, 5.74) is 0. The van der Waals surface area contributed by atoms with Crippen molar-refractivity contribution in [3.8, 4) is 0 Å². The molecule has 0 aliphatic rings. The van der Waals surface area contributed by atoms with Gasteiger partial charge >= 0.3 is 11.9 Å². The minimum atomic E-state index is -0.0313. The molecule has 6 nitrogen and oxygen atoms in total. The molecule has 0 rings (SSSR count). The van der Waals surface area contributed by atoms with E-state index >= 15 is 0 Å². The Morgan fingerprint density at radius 3 is 0.917 bits per heavy atom.